The topological polar surface area (TPSA) is 42.0 Å². The van der Waals surface area contributed by atoms with E-state index in [2.05, 4.69) is 0 Å². The molecule has 2 aromatic carbocycles. The molecule has 26 heavy (non-hydrogen) atoms. The molecule has 0 radical (unpaired) electrons. The molecule has 0 aromatic heterocycles. The van der Waals surface area contributed by atoms with E-state index in [1.165, 1.54) is 5.56 Å². The predicted molar refractivity (Wildman–Crippen MR) is 104 cm³/mol. The molecule has 0 unspecified atom stereocenters. The Bertz CT molecular complexity index is 968. The number of fused-ring (bicyclic) bond motifs is 1. The summed E-state index contributed by atoms with van der Waals surface area (Å²) in [6.07, 6.45) is 1.82. The van der Waals surface area contributed by atoms with Crippen LogP contribution in [0.1, 0.15) is 16.7 Å². The van der Waals surface area contributed by atoms with Crippen LogP contribution in [-0.4, -0.2) is 29.8 Å². The zero-order chi connectivity index (χ0) is 18.4. The highest BCUT2D eigenvalue weighted by atomic mass is 32.1. The number of nitrogens with zero attached hydrogens (tertiary/aromatic N) is 2. The monoisotopic (exact) mass is 366 g/mol. The molecule has 2 heterocycles. The number of aryl methyl sites for hydroxylation is 2. The quantitative estimate of drug-likeness (QED) is 0.600. The van der Waals surface area contributed by atoms with Crippen LogP contribution in [-0.2, 0) is 4.79 Å². The van der Waals surface area contributed by atoms with Gasteiger partial charge in [-0.1, -0.05) is 12.1 Å². The van der Waals surface area contributed by atoms with Crippen molar-refractivity contribution in [2.75, 3.05) is 18.7 Å². The molecule has 2 aliphatic rings. The van der Waals surface area contributed by atoms with Crippen molar-refractivity contribution in [3.63, 3.8) is 0 Å². The maximum atomic E-state index is 13.0. The first-order valence-corrected chi connectivity index (χ1v) is 8.67. The van der Waals surface area contributed by atoms with Gasteiger partial charge in [0.05, 0.1) is 5.69 Å². The number of carbonyl (C=O) groups excluding carboxylic acids is 1. The third kappa shape index (κ3) is 2.63. The van der Waals surface area contributed by atoms with Crippen LogP contribution >= 0.6 is 12.2 Å². The zero-order valence-electron chi connectivity index (χ0n) is 14.8. The summed E-state index contributed by atoms with van der Waals surface area (Å²) in [5, 5.41) is 0.463. The van der Waals surface area contributed by atoms with Crippen LogP contribution < -0.4 is 14.4 Å². The molecular formula is C20H18N2O3S. The van der Waals surface area contributed by atoms with Gasteiger partial charge >= 0.3 is 0 Å². The molecule has 4 rings (SSSR count). The Balaban J connectivity index is 1.70. The molecule has 0 atom stereocenters. The lowest BCUT2D eigenvalue weighted by Gasteiger charge is -2.17. The zero-order valence-corrected chi connectivity index (χ0v) is 15.6. The van der Waals surface area contributed by atoms with Gasteiger partial charge in [0, 0.05) is 7.05 Å². The molecular weight excluding hydrogens is 348 g/mol. The Hall–Kier alpha value is -2.86. The molecule has 0 spiro atoms. The second-order valence-corrected chi connectivity index (χ2v) is 6.76. The molecule has 0 aliphatic carbocycles. The highest BCUT2D eigenvalue weighted by Gasteiger charge is 2.36. The van der Waals surface area contributed by atoms with Crippen LogP contribution in [0.2, 0.25) is 0 Å². The third-order valence-electron chi connectivity index (χ3n) is 4.71. The molecule has 1 saturated heterocycles. The molecule has 1 fully saturated rings. The molecule has 0 saturated carbocycles. The van der Waals surface area contributed by atoms with Crippen molar-refractivity contribution < 1.29 is 14.3 Å². The SMILES string of the molecule is Cc1ccc(N2C(=O)/C(=C/c3ccc4c(c3)OCO4)N(C)C2=S)cc1C. The average molecular weight is 366 g/mol. The van der Waals surface area contributed by atoms with Crippen LogP contribution in [0.25, 0.3) is 6.08 Å². The van der Waals surface area contributed by atoms with Gasteiger partial charge < -0.3 is 14.4 Å². The van der Waals surface area contributed by atoms with Crippen molar-refractivity contribution in [1.82, 2.24) is 4.90 Å². The van der Waals surface area contributed by atoms with Gasteiger partial charge in [0.25, 0.3) is 5.91 Å². The number of carbonyl (C=O) groups is 1. The number of likely N-dealkylation sites (N-methyl/N-ethyl adjacent to an activating group) is 1. The number of hydrogen-bond acceptors (Lipinski definition) is 4. The van der Waals surface area contributed by atoms with Gasteiger partial charge in [-0.2, -0.15) is 0 Å². The Morgan fingerprint density at radius 1 is 1.04 bits per heavy atom. The number of benzene rings is 2. The summed E-state index contributed by atoms with van der Waals surface area (Å²) in [7, 11) is 1.81. The molecule has 2 aromatic rings. The van der Waals surface area contributed by atoms with Crippen molar-refractivity contribution in [2.45, 2.75) is 13.8 Å². The standard InChI is InChI=1S/C20H18N2O3S/c1-12-4-6-15(8-13(12)2)22-19(23)16(21(3)20(22)26)9-14-5-7-17-18(10-14)25-11-24-17/h4-10H,11H2,1-3H3/b16-9-. The molecule has 5 nitrogen and oxygen atoms in total. The molecule has 6 heteroatoms. The van der Waals surface area contributed by atoms with Crippen molar-refractivity contribution in [1.29, 1.82) is 0 Å². The fraction of sp³-hybridized carbons (Fsp3) is 0.200. The van der Waals surface area contributed by atoms with E-state index in [4.69, 9.17) is 21.7 Å². The molecule has 0 N–H and O–H groups in total. The molecule has 0 bridgehead atoms. The Labute approximate surface area is 157 Å². The number of ether oxygens (including phenoxy) is 2. The van der Waals surface area contributed by atoms with E-state index in [1.807, 2.05) is 56.3 Å². The number of hydrogen-bond donors (Lipinski definition) is 0. The molecule has 132 valence electrons. The van der Waals surface area contributed by atoms with E-state index >= 15 is 0 Å². The van der Waals surface area contributed by atoms with E-state index in [9.17, 15) is 4.79 Å². The van der Waals surface area contributed by atoms with Crippen molar-refractivity contribution in [3.8, 4) is 11.5 Å². The normalized spacial score (nSPS) is 17.6. The Kier molecular flexibility index (Phi) is 3.92. The van der Waals surface area contributed by atoms with Gasteiger partial charge in [0.1, 0.15) is 5.70 Å². The fourth-order valence-corrected chi connectivity index (χ4v) is 3.30. The number of anilines is 1. The minimum Gasteiger partial charge on any atom is -0.454 e. The second kappa shape index (κ2) is 6.14. The van der Waals surface area contributed by atoms with E-state index in [0.29, 0.717) is 22.3 Å². The van der Waals surface area contributed by atoms with Crippen LogP contribution in [0.15, 0.2) is 42.1 Å². The summed E-state index contributed by atoms with van der Waals surface area (Å²) >= 11 is 5.52. The minimum atomic E-state index is -0.140. The van der Waals surface area contributed by atoms with Crippen molar-refractivity contribution in [2.24, 2.45) is 0 Å². The maximum absolute atomic E-state index is 13.0. The lowest BCUT2D eigenvalue weighted by Crippen LogP contribution is -2.31. The van der Waals surface area contributed by atoms with Gasteiger partial charge in [-0.15, -0.1) is 0 Å². The highest BCUT2D eigenvalue weighted by molar-refractivity contribution is 7.80. The van der Waals surface area contributed by atoms with Gasteiger partial charge in [-0.05, 0) is 73.1 Å². The molecule has 1 amide bonds. The minimum absolute atomic E-state index is 0.140. The third-order valence-corrected chi connectivity index (χ3v) is 5.17. The van der Waals surface area contributed by atoms with Crippen LogP contribution in [0.5, 0.6) is 11.5 Å². The van der Waals surface area contributed by atoms with E-state index < -0.39 is 0 Å². The van der Waals surface area contributed by atoms with E-state index in [-0.39, 0.29) is 12.7 Å². The lowest BCUT2D eigenvalue weighted by atomic mass is 10.1. The van der Waals surface area contributed by atoms with E-state index in [1.54, 1.807) is 16.8 Å². The van der Waals surface area contributed by atoms with Gasteiger partial charge in [-0.25, -0.2) is 0 Å². The Morgan fingerprint density at radius 3 is 2.58 bits per heavy atom. The number of thiocarbonyl (C=S) groups is 1. The van der Waals surface area contributed by atoms with Gasteiger partial charge in [0.2, 0.25) is 6.79 Å². The van der Waals surface area contributed by atoms with Crippen LogP contribution in [0, 0.1) is 13.8 Å². The fourth-order valence-electron chi connectivity index (χ4n) is 3.01. The second-order valence-electron chi connectivity index (χ2n) is 6.39. The average Bonchev–Trinajstić information content (AvgIpc) is 3.16. The van der Waals surface area contributed by atoms with Crippen LogP contribution in [0.4, 0.5) is 5.69 Å². The summed E-state index contributed by atoms with van der Waals surface area (Å²) in [6.45, 7) is 4.29. The highest BCUT2D eigenvalue weighted by Crippen LogP contribution is 2.34. The Morgan fingerprint density at radius 2 is 1.81 bits per heavy atom. The van der Waals surface area contributed by atoms with Gasteiger partial charge in [0.15, 0.2) is 16.6 Å². The van der Waals surface area contributed by atoms with Crippen LogP contribution in [0.3, 0.4) is 0 Å². The number of amides is 1. The summed E-state index contributed by atoms with van der Waals surface area (Å²) < 4.78 is 10.7. The first-order chi connectivity index (χ1) is 12.5. The summed E-state index contributed by atoms with van der Waals surface area (Å²) in [4.78, 5) is 16.3. The van der Waals surface area contributed by atoms with Gasteiger partial charge in [-0.3, -0.25) is 9.69 Å². The first-order valence-electron chi connectivity index (χ1n) is 8.26. The molecule has 2 aliphatic heterocycles. The first kappa shape index (κ1) is 16.6. The van der Waals surface area contributed by atoms with E-state index in [0.717, 1.165) is 16.8 Å². The van der Waals surface area contributed by atoms with Crippen molar-refractivity contribution >= 4 is 35.0 Å². The largest absolute Gasteiger partial charge is 0.454 e. The summed E-state index contributed by atoms with van der Waals surface area (Å²) in [6, 6.07) is 11.5. The predicted octanol–water partition coefficient (Wildman–Crippen LogP) is 3.64. The maximum Gasteiger partial charge on any atom is 0.281 e. The smallest absolute Gasteiger partial charge is 0.281 e. The number of rotatable bonds is 2. The lowest BCUT2D eigenvalue weighted by molar-refractivity contribution is -0.114. The van der Waals surface area contributed by atoms with Crippen molar-refractivity contribution in [3.05, 3.63) is 58.8 Å². The summed E-state index contributed by atoms with van der Waals surface area (Å²) in [5.41, 5.74) is 4.45. The summed E-state index contributed by atoms with van der Waals surface area (Å²) in [5.74, 6) is 1.25.